The lowest BCUT2D eigenvalue weighted by Gasteiger charge is -2.40. The van der Waals surface area contributed by atoms with Crippen LogP contribution in [0.3, 0.4) is 0 Å². The summed E-state index contributed by atoms with van der Waals surface area (Å²) in [6.07, 6.45) is -3.56. The summed E-state index contributed by atoms with van der Waals surface area (Å²) >= 11 is 0. The van der Waals surface area contributed by atoms with Gasteiger partial charge in [0.25, 0.3) is 0 Å². The zero-order valence-corrected chi connectivity index (χ0v) is 9.37. The molecule has 0 aromatic carbocycles. The van der Waals surface area contributed by atoms with Crippen LogP contribution in [0.15, 0.2) is 0 Å². The van der Waals surface area contributed by atoms with E-state index in [4.69, 9.17) is 15.6 Å². The van der Waals surface area contributed by atoms with Gasteiger partial charge in [-0.2, -0.15) is 13.2 Å². The predicted molar refractivity (Wildman–Crippen MR) is 51.0 cm³/mol. The Balaban J connectivity index is 0.000000325. The molecule has 1 rings (SSSR count). The lowest BCUT2D eigenvalue weighted by molar-refractivity contribution is -0.192. The molecule has 8 heteroatoms. The average molecular weight is 257 g/mol. The first kappa shape index (κ1) is 15.7. The lowest BCUT2D eigenvalue weighted by atomic mass is 9.67. The number of hydrogen-bond donors (Lipinski definition) is 2. The van der Waals surface area contributed by atoms with Crippen molar-refractivity contribution < 1.29 is 32.6 Å². The van der Waals surface area contributed by atoms with Crippen molar-refractivity contribution in [2.24, 2.45) is 11.1 Å². The summed E-state index contributed by atoms with van der Waals surface area (Å²) in [5, 5.41) is 7.12. The highest BCUT2D eigenvalue weighted by atomic mass is 19.4. The molecule has 100 valence electrons. The second kappa shape index (κ2) is 5.35. The highest BCUT2D eigenvalue weighted by molar-refractivity contribution is 5.77. The molecule has 1 saturated carbocycles. The molecule has 5 nitrogen and oxygen atoms in total. The average Bonchev–Trinajstić information content (AvgIpc) is 2.13. The molecule has 0 heterocycles. The molecule has 0 saturated heterocycles. The first-order chi connectivity index (χ1) is 7.53. The minimum atomic E-state index is -5.08. The van der Waals surface area contributed by atoms with Crippen molar-refractivity contribution in [3.8, 4) is 0 Å². The third kappa shape index (κ3) is 4.59. The van der Waals surface area contributed by atoms with E-state index in [1.54, 1.807) is 0 Å². The molecule has 0 aromatic rings. The topological polar surface area (TPSA) is 89.6 Å². The molecule has 0 atom stereocenters. The molecule has 1 aliphatic carbocycles. The van der Waals surface area contributed by atoms with Gasteiger partial charge in [-0.1, -0.05) is 0 Å². The second-order valence-electron chi connectivity index (χ2n) is 4.02. The van der Waals surface area contributed by atoms with E-state index in [0.29, 0.717) is 0 Å². The van der Waals surface area contributed by atoms with Gasteiger partial charge in [-0.05, 0) is 19.8 Å². The summed E-state index contributed by atoms with van der Waals surface area (Å²) in [6.45, 7) is 1.89. The number of carbonyl (C=O) groups is 2. The molecule has 1 fully saturated rings. The van der Waals surface area contributed by atoms with Gasteiger partial charge in [0, 0.05) is 6.04 Å². The zero-order chi connectivity index (χ0) is 13.9. The van der Waals surface area contributed by atoms with Crippen LogP contribution in [0.25, 0.3) is 0 Å². The number of nitrogens with two attached hydrogens (primary N) is 1. The highest BCUT2D eigenvalue weighted by Gasteiger charge is 2.45. The number of carboxylic acids is 1. The van der Waals surface area contributed by atoms with E-state index in [-0.39, 0.29) is 17.4 Å². The van der Waals surface area contributed by atoms with Crippen molar-refractivity contribution in [1.29, 1.82) is 0 Å². The van der Waals surface area contributed by atoms with Crippen molar-refractivity contribution in [3.63, 3.8) is 0 Å². The SMILES string of the molecule is COC(=O)C1(C)CC(N)C1.O=C(O)C(F)(F)F. The molecule has 1 aliphatic rings. The largest absolute Gasteiger partial charge is 0.490 e. The van der Waals surface area contributed by atoms with Gasteiger partial charge >= 0.3 is 18.1 Å². The fourth-order valence-corrected chi connectivity index (χ4v) is 1.51. The van der Waals surface area contributed by atoms with Crippen LogP contribution in [0.2, 0.25) is 0 Å². The van der Waals surface area contributed by atoms with Gasteiger partial charge in [0.15, 0.2) is 0 Å². The van der Waals surface area contributed by atoms with Gasteiger partial charge in [-0.15, -0.1) is 0 Å². The third-order valence-electron chi connectivity index (χ3n) is 2.35. The van der Waals surface area contributed by atoms with Crippen molar-refractivity contribution in [1.82, 2.24) is 0 Å². The summed E-state index contributed by atoms with van der Waals surface area (Å²) in [4.78, 5) is 19.9. The van der Waals surface area contributed by atoms with Crippen LogP contribution in [0.1, 0.15) is 19.8 Å². The number of aliphatic carboxylic acids is 1. The summed E-state index contributed by atoms with van der Waals surface area (Å²) in [5.41, 5.74) is 5.26. The van der Waals surface area contributed by atoms with Gasteiger partial charge in [0.1, 0.15) is 0 Å². The van der Waals surface area contributed by atoms with Crippen molar-refractivity contribution in [3.05, 3.63) is 0 Å². The first-order valence-electron chi connectivity index (χ1n) is 4.67. The molecular weight excluding hydrogens is 243 g/mol. The fourth-order valence-electron chi connectivity index (χ4n) is 1.51. The highest BCUT2D eigenvalue weighted by Crippen LogP contribution is 2.40. The number of esters is 1. The van der Waals surface area contributed by atoms with E-state index in [9.17, 15) is 18.0 Å². The van der Waals surface area contributed by atoms with Crippen LogP contribution in [-0.2, 0) is 14.3 Å². The van der Waals surface area contributed by atoms with Crippen molar-refractivity contribution >= 4 is 11.9 Å². The molecule has 0 aliphatic heterocycles. The molecule has 0 spiro atoms. The van der Waals surface area contributed by atoms with Crippen LogP contribution in [0.5, 0.6) is 0 Å². The van der Waals surface area contributed by atoms with E-state index < -0.39 is 12.1 Å². The predicted octanol–water partition coefficient (Wildman–Crippen LogP) is 0.920. The molecule has 0 unspecified atom stereocenters. The summed E-state index contributed by atoms with van der Waals surface area (Å²) in [7, 11) is 1.41. The maximum absolute atomic E-state index is 11.0. The Kier molecular flexibility index (Phi) is 4.94. The smallest absolute Gasteiger partial charge is 0.475 e. The van der Waals surface area contributed by atoms with E-state index >= 15 is 0 Å². The Morgan fingerprint density at radius 1 is 1.41 bits per heavy atom. The summed E-state index contributed by atoms with van der Waals surface area (Å²) in [5.74, 6) is -2.89. The Bertz CT molecular complexity index is 297. The van der Waals surface area contributed by atoms with E-state index in [1.165, 1.54) is 7.11 Å². The van der Waals surface area contributed by atoms with E-state index in [2.05, 4.69) is 4.74 Å². The standard InChI is InChI=1S/C7H13NO2.C2HF3O2/c1-7(6(9)10-2)3-5(8)4-7;3-2(4,5)1(6)7/h5H,3-4,8H2,1-2H3;(H,6,7). The first-order valence-corrected chi connectivity index (χ1v) is 4.67. The Labute approximate surface area is 95.7 Å². The number of ether oxygens (including phenoxy) is 1. The van der Waals surface area contributed by atoms with Gasteiger partial charge in [-0.3, -0.25) is 4.79 Å². The van der Waals surface area contributed by atoms with Crippen molar-refractivity contribution in [2.45, 2.75) is 32.0 Å². The van der Waals surface area contributed by atoms with Crippen LogP contribution in [0, 0.1) is 5.41 Å². The molecular formula is C9H14F3NO4. The quantitative estimate of drug-likeness (QED) is 0.682. The van der Waals surface area contributed by atoms with E-state index in [1.807, 2.05) is 6.92 Å². The third-order valence-corrected chi connectivity index (χ3v) is 2.35. The van der Waals surface area contributed by atoms with Crippen LogP contribution >= 0.6 is 0 Å². The fraction of sp³-hybridized carbons (Fsp3) is 0.778. The number of hydrogen-bond acceptors (Lipinski definition) is 4. The normalized spacial score (nSPS) is 27.3. The van der Waals surface area contributed by atoms with Crippen molar-refractivity contribution in [2.75, 3.05) is 7.11 Å². The maximum Gasteiger partial charge on any atom is 0.490 e. The summed E-state index contributed by atoms with van der Waals surface area (Å²) < 4.78 is 36.3. The Hall–Kier alpha value is -1.31. The second-order valence-corrected chi connectivity index (χ2v) is 4.02. The zero-order valence-electron chi connectivity index (χ0n) is 9.37. The monoisotopic (exact) mass is 257 g/mol. The molecule has 0 aromatic heterocycles. The summed E-state index contributed by atoms with van der Waals surface area (Å²) in [6, 6.07) is 0.198. The van der Waals surface area contributed by atoms with Gasteiger partial charge in [0.05, 0.1) is 12.5 Å². The van der Waals surface area contributed by atoms with E-state index in [0.717, 1.165) is 12.8 Å². The van der Waals surface area contributed by atoms with Crippen LogP contribution < -0.4 is 5.73 Å². The van der Waals surface area contributed by atoms with Gasteiger partial charge < -0.3 is 15.6 Å². The van der Waals surface area contributed by atoms with Gasteiger partial charge in [0.2, 0.25) is 0 Å². The number of carbonyl (C=O) groups excluding carboxylic acids is 1. The molecule has 0 radical (unpaired) electrons. The minimum absolute atomic E-state index is 0.130. The minimum Gasteiger partial charge on any atom is -0.475 e. The molecule has 3 N–H and O–H groups in total. The maximum atomic E-state index is 11.0. The Morgan fingerprint density at radius 2 is 1.76 bits per heavy atom. The molecule has 0 amide bonds. The van der Waals surface area contributed by atoms with Crippen LogP contribution in [-0.4, -0.2) is 36.4 Å². The number of halogens is 3. The number of carboxylic acid groups (broad SMARTS) is 1. The number of rotatable bonds is 1. The van der Waals surface area contributed by atoms with Gasteiger partial charge in [-0.25, -0.2) is 4.79 Å². The van der Waals surface area contributed by atoms with Crippen LogP contribution in [0.4, 0.5) is 13.2 Å². The Morgan fingerprint density at radius 3 is 1.94 bits per heavy atom. The lowest BCUT2D eigenvalue weighted by Crippen LogP contribution is -2.49. The molecule has 0 bridgehead atoms. The number of alkyl halides is 3. The molecule has 17 heavy (non-hydrogen) atoms. The number of methoxy groups -OCH3 is 1.